The zero-order chi connectivity index (χ0) is 13.3. The number of imidazole rings is 1. The monoisotopic (exact) mass is 253 g/mol. The van der Waals surface area contributed by atoms with Crippen LogP contribution in [0, 0.1) is 23.0 Å². The van der Waals surface area contributed by atoms with Crippen molar-refractivity contribution < 1.29 is 4.92 Å². The molecule has 100 valence electrons. The Labute approximate surface area is 106 Å². The van der Waals surface area contributed by atoms with Crippen molar-refractivity contribution in [1.29, 1.82) is 0 Å². The molecule has 0 saturated carbocycles. The van der Waals surface area contributed by atoms with E-state index < -0.39 is 4.92 Å². The minimum Gasteiger partial charge on any atom is -0.358 e. The van der Waals surface area contributed by atoms with Gasteiger partial charge in [-0.1, -0.05) is 0 Å². The Kier molecular flexibility index (Phi) is 3.51. The fraction of sp³-hybridized carbons (Fsp3) is 0.727. The highest BCUT2D eigenvalue weighted by molar-refractivity contribution is 5.56. The van der Waals surface area contributed by atoms with Crippen molar-refractivity contribution in [3.63, 3.8) is 0 Å². The zero-order valence-electron chi connectivity index (χ0n) is 11.0. The molecule has 1 aromatic heterocycles. The number of rotatable bonds is 4. The average Bonchev–Trinajstić information content (AvgIpc) is 2.86. The molecule has 0 aromatic carbocycles. The summed E-state index contributed by atoms with van der Waals surface area (Å²) in [6, 6.07) is 0. The SMILES string of the molecule is CNCC1CCN(c2c([N+](=O)[O-])nc(C)n2C)C1. The van der Waals surface area contributed by atoms with Crippen LogP contribution in [0.25, 0.3) is 0 Å². The van der Waals surface area contributed by atoms with Crippen LogP contribution in [0.15, 0.2) is 0 Å². The van der Waals surface area contributed by atoms with Crippen LogP contribution >= 0.6 is 0 Å². The predicted molar refractivity (Wildman–Crippen MR) is 68.8 cm³/mol. The summed E-state index contributed by atoms with van der Waals surface area (Å²) >= 11 is 0. The third-order valence-corrected chi connectivity index (χ3v) is 3.52. The standard InChI is InChI=1S/C11H19N5O2/c1-8-13-10(16(17)18)11(14(8)3)15-5-4-9(7-15)6-12-2/h9,12H,4-7H2,1-3H3. The lowest BCUT2D eigenvalue weighted by Gasteiger charge is -2.17. The summed E-state index contributed by atoms with van der Waals surface area (Å²) in [5, 5.41) is 14.2. The molecule has 1 aliphatic rings. The van der Waals surface area contributed by atoms with Crippen molar-refractivity contribution in [2.45, 2.75) is 13.3 Å². The van der Waals surface area contributed by atoms with E-state index in [1.807, 2.05) is 14.1 Å². The Morgan fingerprint density at radius 3 is 2.94 bits per heavy atom. The molecule has 0 aliphatic carbocycles. The largest absolute Gasteiger partial charge is 0.406 e. The summed E-state index contributed by atoms with van der Waals surface area (Å²) in [4.78, 5) is 16.7. The molecule has 1 atom stereocenters. The third-order valence-electron chi connectivity index (χ3n) is 3.52. The first-order valence-electron chi connectivity index (χ1n) is 6.11. The molecule has 7 nitrogen and oxygen atoms in total. The van der Waals surface area contributed by atoms with Crippen molar-refractivity contribution in [3.05, 3.63) is 15.9 Å². The van der Waals surface area contributed by atoms with E-state index in [-0.39, 0.29) is 5.82 Å². The Bertz CT molecular complexity index is 457. The zero-order valence-corrected chi connectivity index (χ0v) is 11.0. The minimum absolute atomic E-state index is 0.0277. The predicted octanol–water partition coefficient (Wildman–Crippen LogP) is 0.682. The van der Waals surface area contributed by atoms with E-state index in [1.54, 1.807) is 11.5 Å². The van der Waals surface area contributed by atoms with Gasteiger partial charge in [-0.15, -0.1) is 0 Å². The number of hydrogen-bond donors (Lipinski definition) is 1. The first kappa shape index (κ1) is 12.8. The van der Waals surface area contributed by atoms with E-state index in [1.165, 1.54) is 0 Å². The Hall–Kier alpha value is -1.63. The van der Waals surface area contributed by atoms with E-state index in [0.717, 1.165) is 26.1 Å². The molecule has 7 heteroatoms. The minimum atomic E-state index is -0.395. The maximum absolute atomic E-state index is 11.0. The van der Waals surface area contributed by atoms with Gasteiger partial charge in [-0.2, -0.15) is 0 Å². The Morgan fingerprint density at radius 1 is 1.61 bits per heavy atom. The van der Waals surface area contributed by atoms with Crippen LogP contribution in [0.3, 0.4) is 0 Å². The van der Waals surface area contributed by atoms with E-state index in [0.29, 0.717) is 17.6 Å². The molecular weight excluding hydrogens is 234 g/mol. The lowest BCUT2D eigenvalue weighted by molar-refractivity contribution is -0.388. The molecule has 1 fully saturated rings. The third kappa shape index (κ3) is 2.17. The lowest BCUT2D eigenvalue weighted by Crippen LogP contribution is -2.26. The van der Waals surface area contributed by atoms with E-state index in [2.05, 4.69) is 15.2 Å². The molecule has 2 rings (SSSR count). The van der Waals surface area contributed by atoms with Crippen LogP contribution in [0.5, 0.6) is 0 Å². The van der Waals surface area contributed by atoms with Gasteiger partial charge in [0.15, 0.2) is 0 Å². The summed E-state index contributed by atoms with van der Waals surface area (Å²) in [5.41, 5.74) is 0. The summed E-state index contributed by atoms with van der Waals surface area (Å²) in [5.74, 6) is 1.83. The smallest absolute Gasteiger partial charge is 0.358 e. The van der Waals surface area contributed by atoms with Gasteiger partial charge in [-0.3, -0.25) is 4.57 Å². The number of anilines is 1. The van der Waals surface area contributed by atoms with Gasteiger partial charge in [0.25, 0.3) is 0 Å². The molecule has 18 heavy (non-hydrogen) atoms. The molecule has 1 N–H and O–H groups in total. The highest BCUT2D eigenvalue weighted by atomic mass is 16.6. The molecular formula is C11H19N5O2. The van der Waals surface area contributed by atoms with Gasteiger partial charge in [-0.25, -0.2) is 0 Å². The summed E-state index contributed by atoms with van der Waals surface area (Å²) in [6.07, 6.45) is 1.06. The number of aryl methyl sites for hydroxylation is 1. The van der Waals surface area contributed by atoms with Gasteiger partial charge in [0.1, 0.15) is 0 Å². The number of nitrogens with one attached hydrogen (secondary N) is 1. The second-order valence-electron chi connectivity index (χ2n) is 4.78. The van der Waals surface area contributed by atoms with E-state index in [4.69, 9.17) is 0 Å². The van der Waals surface area contributed by atoms with Crippen LogP contribution in [0.2, 0.25) is 0 Å². The highest BCUT2D eigenvalue weighted by Gasteiger charge is 2.32. The number of nitro groups is 1. The van der Waals surface area contributed by atoms with Crippen LogP contribution in [-0.2, 0) is 7.05 Å². The van der Waals surface area contributed by atoms with Crippen LogP contribution in [0.1, 0.15) is 12.2 Å². The van der Waals surface area contributed by atoms with Crippen LogP contribution in [0.4, 0.5) is 11.6 Å². The summed E-state index contributed by atoms with van der Waals surface area (Å²) in [7, 11) is 3.76. The molecule has 0 amide bonds. The van der Waals surface area contributed by atoms with Crippen LogP contribution < -0.4 is 10.2 Å². The van der Waals surface area contributed by atoms with Crippen molar-refractivity contribution in [2.75, 3.05) is 31.6 Å². The molecule has 2 heterocycles. The first-order valence-corrected chi connectivity index (χ1v) is 6.11. The van der Waals surface area contributed by atoms with E-state index in [9.17, 15) is 10.1 Å². The molecule has 1 aliphatic heterocycles. The van der Waals surface area contributed by atoms with Crippen LogP contribution in [-0.4, -0.2) is 41.2 Å². The van der Waals surface area contributed by atoms with Gasteiger partial charge in [-0.05, 0) is 35.8 Å². The fourth-order valence-corrected chi connectivity index (χ4v) is 2.54. The second kappa shape index (κ2) is 4.93. The van der Waals surface area contributed by atoms with Crippen molar-refractivity contribution >= 4 is 11.6 Å². The molecule has 1 aromatic rings. The quantitative estimate of drug-likeness (QED) is 0.631. The van der Waals surface area contributed by atoms with Crippen molar-refractivity contribution in [1.82, 2.24) is 14.9 Å². The van der Waals surface area contributed by atoms with Gasteiger partial charge < -0.3 is 20.3 Å². The van der Waals surface area contributed by atoms with Gasteiger partial charge in [0.2, 0.25) is 11.6 Å². The van der Waals surface area contributed by atoms with Crippen molar-refractivity contribution in [2.24, 2.45) is 13.0 Å². The maximum atomic E-state index is 11.0. The Balaban J connectivity index is 2.26. The lowest BCUT2D eigenvalue weighted by atomic mass is 10.1. The normalized spacial score (nSPS) is 19.5. The topological polar surface area (TPSA) is 76.2 Å². The number of nitrogens with zero attached hydrogens (tertiary/aromatic N) is 4. The molecule has 1 unspecified atom stereocenters. The number of aromatic nitrogens is 2. The molecule has 0 radical (unpaired) electrons. The van der Waals surface area contributed by atoms with Gasteiger partial charge in [0, 0.05) is 27.1 Å². The first-order chi connectivity index (χ1) is 8.54. The Morgan fingerprint density at radius 2 is 2.33 bits per heavy atom. The molecule has 0 spiro atoms. The summed E-state index contributed by atoms with van der Waals surface area (Å²) < 4.78 is 1.81. The maximum Gasteiger partial charge on any atom is 0.406 e. The van der Waals surface area contributed by atoms with E-state index >= 15 is 0 Å². The number of hydrogen-bond acceptors (Lipinski definition) is 5. The fourth-order valence-electron chi connectivity index (χ4n) is 2.54. The average molecular weight is 253 g/mol. The van der Waals surface area contributed by atoms with Gasteiger partial charge in [0.05, 0.1) is 0 Å². The molecule has 0 bridgehead atoms. The van der Waals surface area contributed by atoms with Gasteiger partial charge >= 0.3 is 5.82 Å². The summed E-state index contributed by atoms with van der Waals surface area (Å²) in [6.45, 7) is 4.44. The molecule has 1 saturated heterocycles. The highest BCUT2D eigenvalue weighted by Crippen LogP contribution is 2.31. The van der Waals surface area contributed by atoms with Crippen molar-refractivity contribution in [3.8, 4) is 0 Å². The second-order valence-corrected chi connectivity index (χ2v) is 4.78.